The van der Waals surface area contributed by atoms with Crippen LogP contribution < -0.4 is 19.1 Å². The van der Waals surface area contributed by atoms with E-state index in [1.165, 1.54) is 31.3 Å². The molecular weight excluding hydrogens is 613 g/mol. The Bertz CT molecular complexity index is 1500. The summed E-state index contributed by atoms with van der Waals surface area (Å²) in [7, 11) is -1.08. The van der Waals surface area contributed by atoms with Crippen LogP contribution in [0.2, 0.25) is 10.0 Å². The van der Waals surface area contributed by atoms with E-state index in [1.807, 2.05) is 44.2 Å². The maximum Gasteiger partial charge on any atom is 0.244 e. The Morgan fingerprint density at radius 2 is 1.53 bits per heavy atom. The van der Waals surface area contributed by atoms with Crippen LogP contribution in [0.4, 0.5) is 5.69 Å². The van der Waals surface area contributed by atoms with Crippen molar-refractivity contribution in [2.45, 2.75) is 32.9 Å². The Morgan fingerprint density at radius 3 is 2.09 bits per heavy atom. The number of carbonyl (C=O) groups excluding carboxylic acids is 2. The summed E-state index contributed by atoms with van der Waals surface area (Å²) in [4.78, 5) is 29.3. The summed E-state index contributed by atoms with van der Waals surface area (Å²) in [5.41, 5.74) is 1.44. The number of nitrogens with zero attached hydrogens (tertiary/aromatic N) is 2. The molecule has 0 saturated carbocycles. The van der Waals surface area contributed by atoms with Gasteiger partial charge in [0.2, 0.25) is 21.8 Å². The van der Waals surface area contributed by atoms with Gasteiger partial charge in [-0.3, -0.25) is 13.9 Å². The molecule has 0 heterocycles. The molecule has 0 saturated heterocycles. The monoisotopic (exact) mass is 649 g/mol. The van der Waals surface area contributed by atoms with Crippen LogP contribution >= 0.6 is 23.2 Å². The Morgan fingerprint density at radius 1 is 0.907 bits per heavy atom. The highest BCUT2D eigenvalue weighted by atomic mass is 35.5. The highest BCUT2D eigenvalue weighted by molar-refractivity contribution is 7.92. The zero-order valence-electron chi connectivity index (χ0n) is 24.8. The molecule has 3 rings (SSSR count). The van der Waals surface area contributed by atoms with E-state index in [-0.39, 0.29) is 36.2 Å². The minimum atomic E-state index is -3.97. The van der Waals surface area contributed by atoms with Crippen molar-refractivity contribution in [1.29, 1.82) is 0 Å². The van der Waals surface area contributed by atoms with Gasteiger partial charge in [-0.2, -0.15) is 0 Å². The molecule has 3 aromatic rings. The molecule has 0 fully saturated rings. The highest BCUT2D eigenvalue weighted by Crippen LogP contribution is 2.33. The second kappa shape index (κ2) is 15.3. The van der Waals surface area contributed by atoms with Crippen molar-refractivity contribution in [2.75, 3.05) is 37.9 Å². The van der Waals surface area contributed by atoms with E-state index in [9.17, 15) is 18.0 Å². The van der Waals surface area contributed by atoms with Crippen LogP contribution in [0.1, 0.15) is 25.0 Å². The second-order valence-corrected chi connectivity index (χ2v) is 13.1. The maximum atomic E-state index is 14.3. The molecule has 232 valence electrons. The van der Waals surface area contributed by atoms with Crippen molar-refractivity contribution in [3.8, 4) is 11.5 Å². The molecule has 1 atom stereocenters. The van der Waals surface area contributed by atoms with Crippen molar-refractivity contribution in [3.05, 3.63) is 87.9 Å². The Balaban J connectivity index is 2.11. The SMILES string of the molecule is COc1ccc(N(CC(=O)N(Cc2c(Cl)cccc2Cl)[C@H](Cc2ccccc2)C(=O)NCC(C)C)S(C)(=O)=O)cc1OC. The second-order valence-electron chi connectivity index (χ2n) is 10.4. The van der Waals surface area contributed by atoms with Crippen LogP contribution in [0.15, 0.2) is 66.7 Å². The van der Waals surface area contributed by atoms with Crippen LogP contribution in [-0.4, -0.2) is 64.7 Å². The van der Waals surface area contributed by atoms with Crippen molar-refractivity contribution < 1.29 is 27.5 Å². The smallest absolute Gasteiger partial charge is 0.244 e. The quantitative estimate of drug-likeness (QED) is 0.258. The number of carbonyl (C=O) groups is 2. The third-order valence-corrected chi connectivity index (χ3v) is 8.53. The lowest BCUT2D eigenvalue weighted by Crippen LogP contribution is -2.53. The molecule has 0 unspecified atom stereocenters. The summed E-state index contributed by atoms with van der Waals surface area (Å²) in [6.45, 7) is 3.59. The first-order valence-electron chi connectivity index (χ1n) is 13.6. The van der Waals surface area contributed by atoms with Gasteiger partial charge in [0.15, 0.2) is 11.5 Å². The van der Waals surface area contributed by atoms with E-state index in [1.54, 1.807) is 24.3 Å². The third kappa shape index (κ3) is 9.26. The molecule has 12 heteroatoms. The number of methoxy groups -OCH3 is 2. The minimum absolute atomic E-state index is 0.131. The van der Waals surface area contributed by atoms with E-state index in [2.05, 4.69) is 5.32 Å². The van der Waals surface area contributed by atoms with Gasteiger partial charge in [0.25, 0.3) is 0 Å². The van der Waals surface area contributed by atoms with Gasteiger partial charge >= 0.3 is 0 Å². The van der Waals surface area contributed by atoms with Crippen molar-refractivity contribution in [3.63, 3.8) is 0 Å². The van der Waals surface area contributed by atoms with Gasteiger partial charge < -0.3 is 19.7 Å². The summed E-state index contributed by atoms with van der Waals surface area (Å²) in [5, 5.41) is 3.56. The number of rotatable bonds is 14. The first kappa shape index (κ1) is 34.0. The van der Waals surface area contributed by atoms with Crippen LogP contribution in [0.3, 0.4) is 0 Å². The van der Waals surface area contributed by atoms with Gasteiger partial charge in [-0.05, 0) is 35.7 Å². The lowest BCUT2D eigenvalue weighted by molar-refractivity contribution is -0.140. The Hall–Kier alpha value is -3.47. The van der Waals surface area contributed by atoms with E-state index in [0.717, 1.165) is 16.1 Å². The molecule has 0 radical (unpaired) electrons. The number of amides is 2. The molecule has 0 aliphatic rings. The molecule has 0 bridgehead atoms. The standard InChI is InChI=1S/C31H37Cl2N3O6S/c1-21(2)18-34-31(38)27(16-22-10-7-6-8-11-22)35(19-24-25(32)12-9-13-26(24)33)30(37)20-36(43(5,39)40)23-14-15-28(41-3)29(17-23)42-4/h6-15,17,21,27H,16,18-20H2,1-5H3,(H,34,38)/t27-/m1/s1. The summed E-state index contributed by atoms with van der Waals surface area (Å²) >= 11 is 13.0. The summed E-state index contributed by atoms with van der Waals surface area (Å²) in [5.74, 6) is -0.168. The molecule has 1 N–H and O–H groups in total. The van der Waals surface area contributed by atoms with Crippen LogP contribution in [0.5, 0.6) is 11.5 Å². The molecule has 0 aromatic heterocycles. The molecule has 2 amide bonds. The predicted molar refractivity (Wildman–Crippen MR) is 171 cm³/mol. The number of hydrogen-bond acceptors (Lipinski definition) is 6. The van der Waals surface area contributed by atoms with Gasteiger partial charge in [0.05, 0.1) is 26.2 Å². The normalized spacial score (nSPS) is 12.0. The van der Waals surface area contributed by atoms with E-state index < -0.39 is 28.5 Å². The zero-order valence-corrected chi connectivity index (χ0v) is 27.2. The van der Waals surface area contributed by atoms with Gasteiger partial charge in [-0.15, -0.1) is 0 Å². The van der Waals surface area contributed by atoms with Gasteiger partial charge in [0.1, 0.15) is 12.6 Å². The lowest BCUT2D eigenvalue weighted by Gasteiger charge is -2.34. The van der Waals surface area contributed by atoms with Gasteiger partial charge in [-0.25, -0.2) is 8.42 Å². The van der Waals surface area contributed by atoms with Crippen molar-refractivity contribution in [1.82, 2.24) is 10.2 Å². The predicted octanol–water partition coefficient (Wildman–Crippen LogP) is 5.19. The first-order chi connectivity index (χ1) is 20.3. The van der Waals surface area contributed by atoms with Crippen LogP contribution in [-0.2, 0) is 32.6 Å². The number of halogens is 2. The summed E-state index contributed by atoms with van der Waals surface area (Å²) in [6.07, 6.45) is 1.18. The largest absolute Gasteiger partial charge is 0.493 e. The Labute approximate surface area is 263 Å². The molecule has 3 aromatic carbocycles. The number of ether oxygens (including phenoxy) is 2. The van der Waals surface area contributed by atoms with E-state index >= 15 is 0 Å². The highest BCUT2D eigenvalue weighted by Gasteiger charge is 2.34. The van der Waals surface area contributed by atoms with Gasteiger partial charge in [0, 0.05) is 41.2 Å². The van der Waals surface area contributed by atoms with E-state index in [0.29, 0.717) is 27.9 Å². The average molecular weight is 651 g/mol. The van der Waals surface area contributed by atoms with Crippen molar-refractivity contribution >= 4 is 50.7 Å². The first-order valence-corrected chi connectivity index (χ1v) is 16.2. The fourth-order valence-electron chi connectivity index (χ4n) is 4.42. The average Bonchev–Trinajstić information content (AvgIpc) is 2.97. The van der Waals surface area contributed by atoms with Crippen LogP contribution in [0.25, 0.3) is 0 Å². The molecule has 43 heavy (non-hydrogen) atoms. The lowest BCUT2D eigenvalue weighted by atomic mass is 10.0. The maximum absolute atomic E-state index is 14.3. The fourth-order valence-corrected chi connectivity index (χ4v) is 5.78. The molecule has 0 aliphatic carbocycles. The molecule has 9 nitrogen and oxygen atoms in total. The molecule has 0 aliphatic heterocycles. The Kier molecular flexibility index (Phi) is 12.1. The number of benzene rings is 3. The van der Waals surface area contributed by atoms with E-state index in [4.69, 9.17) is 32.7 Å². The summed E-state index contributed by atoms with van der Waals surface area (Å²) < 4.78 is 37.7. The zero-order chi connectivity index (χ0) is 31.7. The topological polar surface area (TPSA) is 105 Å². The third-order valence-electron chi connectivity index (χ3n) is 6.68. The van der Waals surface area contributed by atoms with Gasteiger partial charge in [-0.1, -0.05) is 73.4 Å². The van der Waals surface area contributed by atoms with Crippen molar-refractivity contribution in [2.24, 2.45) is 5.92 Å². The minimum Gasteiger partial charge on any atom is -0.493 e. The number of anilines is 1. The molecular formula is C31H37Cl2N3O6S. The number of nitrogens with one attached hydrogen (secondary N) is 1. The summed E-state index contributed by atoms with van der Waals surface area (Å²) in [6, 6.07) is 17.8. The number of sulfonamides is 1. The fraction of sp³-hybridized carbons (Fsp3) is 0.355. The molecule has 0 spiro atoms. The number of hydrogen-bond donors (Lipinski definition) is 1. The van der Waals surface area contributed by atoms with Crippen LogP contribution in [0, 0.1) is 5.92 Å².